The van der Waals surface area contributed by atoms with E-state index >= 15 is 0 Å². The maximum atomic E-state index is 12.1. The molecule has 2 aliphatic rings. The molecule has 0 bridgehead atoms. The van der Waals surface area contributed by atoms with Crippen LogP contribution >= 0.6 is 0 Å². The van der Waals surface area contributed by atoms with Crippen molar-refractivity contribution in [2.75, 3.05) is 20.2 Å². The van der Waals surface area contributed by atoms with Crippen molar-refractivity contribution in [1.29, 1.82) is 0 Å². The molecule has 2 unspecified atom stereocenters. The van der Waals surface area contributed by atoms with Gasteiger partial charge in [-0.25, -0.2) is 9.59 Å². The summed E-state index contributed by atoms with van der Waals surface area (Å²) in [6.07, 6.45) is 3.55. The molecule has 1 heterocycles. The van der Waals surface area contributed by atoms with Gasteiger partial charge >= 0.3 is 12.0 Å². The third kappa shape index (κ3) is 3.37. The molecule has 1 aliphatic carbocycles. The summed E-state index contributed by atoms with van der Waals surface area (Å²) in [7, 11) is 1.64. The fourth-order valence-corrected chi connectivity index (χ4v) is 2.58. The standard InChI is InChI=1S/C13H22N2O4/c1-13(19-2)6-3-7-15(8-13)12(18)14-10(11(16)17)9-4-5-9/h9-10H,3-8H2,1-2H3,(H,14,18)(H,16,17). The Kier molecular flexibility index (Phi) is 3.99. The molecule has 6 nitrogen and oxygen atoms in total. The van der Waals surface area contributed by atoms with E-state index in [1.54, 1.807) is 12.0 Å². The summed E-state index contributed by atoms with van der Waals surface area (Å²) in [6.45, 7) is 3.14. The Balaban J connectivity index is 1.93. The zero-order chi connectivity index (χ0) is 14.0. The monoisotopic (exact) mass is 270 g/mol. The molecular formula is C13H22N2O4. The van der Waals surface area contributed by atoms with Crippen LogP contribution in [0.4, 0.5) is 4.79 Å². The number of methoxy groups -OCH3 is 1. The van der Waals surface area contributed by atoms with Gasteiger partial charge < -0.3 is 20.1 Å². The van der Waals surface area contributed by atoms with Crippen molar-refractivity contribution in [3.05, 3.63) is 0 Å². The average molecular weight is 270 g/mol. The summed E-state index contributed by atoms with van der Waals surface area (Å²) < 4.78 is 5.43. The number of urea groups is 1. The number of ether oxygens (including phenoxy) is 1. The Morgan fingerprint density at radius 1 is 1.47 bits per heavy atom. The van der Waals surface area contributed by atoms with E-state index in [1.807, 2.05) is 6.92 Å². The molecule has 1 saturated heterocycles. The van der Waals surface area contributed by atoms with E-state index in [1.165, 1.54) is 0 Å². The zero-order valence-electron chi connectivity index (χ0n) is 11.5. The van der Waals surface area contributed by atoms with Crippen molar-refractivity contribution in [3.8, 4) is 0 Å². The van der Waals surface area contributed by atoms with E-state index in [4.69, 9.17) is 9.84 Å². The van der Waals surface area contributed by atoms with Crippen LogP contribution in [0.25, 0.3) is 0 Å². The smallest absolute Gasteiger partial charge is 0.326 e. The van der Waals surface area contributed by atoms with Crippen molar-refractivity contribution in [3.63, 3.8) is 0 Å². The highest BCUT2D eigenvalue weighted by Crippen LogP contribution is 2.33. The minimum absolute atomic E-state index is 0.0973. The summed E-state index contributed by atoms with van der Waals surface area (Å²) in [6, 6.07) is -1.04. The van der Waals surface area contributed by atoms with E-state index in [0.717, 1.165) is 25.7 Å². The van der Waals surface area contributed by atoms with Gasteiger partial charge in [-0.2, -0.15) is 0 Å². The lowest BCUT2D eigenvalue weighted by molar-refractivity contribution is -0.139. The second-order valence-electron chi connectivity index (χ2n) is 5.78. The summed E-state index contributed by atoms with van der Waals surface area (Å²) in [5, 5.41) is 11.8. The van der Waals surface area contributed by atoms with Gasteiger partial charge in [0.2, 0.25) is 0 Å². The molecule has 108 valence electrons. The number of likely N-dealkylation sites (tertiary alicyclic amines) is 1. The minimum atomic E-state index is -0.942. The van der Waals surface area contributed by atoms with Gasteiger partial charge in [0.15, 0.2) is 0 Å². The number of amides is 2. The van der Waals surface area contributed by atoms with E-state index in [0.29, 0.717) is 13.1 Å². The molecule has 0 spiro atoms. The van der Waals surface area contributed by atoms with E-state index < -0.39 is 12.0 Å². The van der Waals surface area contributed by atoms with Crippen LogP contribution in [0, 0.1) is 5.92 Å². The minimum Gasteiger partial charge on any atom is -0.480 e. The largest absolute Gasteiger partial charge is 0.480 e. The van der Waals surface area contributed by atoms with E-state index in [9.17, 15) is 9.59 Å². The number of hydrogen-bond acceptors (Lipinski definition) is 3. The van der Waals surface area contributed by atoms with Gasteiger partial charge in [-0.1, -0.05) is 0 Å². The van der Waals surface area contributed by atoms with Gasteiger partial charge in [0.1, 0.15) is 6.04 Å². The second-order valence-corrected chi connectivity index (χ2v) is 5.78. The predicted octanol–water partition coefficient (Wildman–Crippen LogP) is 1.06. The van der Waals surface area contributed by atoms with Gasteiger partial charge in [-0.15, -0.1) is 0 Å². The second kappa shape index (κ2) is 5.36. The molecule has 2 N–H and O–H groups in total. The predicted molar refractivity (Wildman–Crippen MR) is 68.9 cm³/mol. The first kappa shape index (κ1) is 14.1. The molecule has 2 atom stereocenters. The molecule has 0 radical (unpaired) electrons. The number of aliphatic carboxylic acids is 1. The van der Waals surface area contributed by atoms with Crippen LogP contribution in [-0.4, -0.2) is 53.8 Å². The number of nitrogens with zero attached hydrogens (tertiary/aromatic N) is 1. The number of rotatable bonds is 4. The lowest BCUT2D eigenvalue weighted by Crippen LogP contribution is -2.55. The number of carbonyl (C=O) groups is 2. The number of carboxylic acid groups (broad SMARTS) is 1. The van der Waals surface area contributed by atoms with Crippen LogP contribution < -0.4 is 5.32 Å². The molecule has 2 amide bonds. The highest BCUT2D eigenvalue weighted by Gasteiger charge is 2.39. The Hall–Kier alpha value is -1.30. The number of carboxylic acids is 1. The first-order valence-electron chi connectivity index (χ1n) is 6.78. The van der Waals surface area contributed by atoms with Crippen molar-refractivity contribution in [1.82, 2.24) is 10.2 Å². The third-order valence-corrected chi connectivity index (χ3v) is 4.08. The van der Waals surface area contributed by atoms with Gasteiger partial charge in [-0.3, -0.25) is 0 Å². The fraction of sp³-hybridized carbons (Fsp3) is 0.846. The summed E-state index contributed by atoms with van der Waals surface area (Å²) >= 11 is 0. The number of piperidine rings is 1. The zero-order valence-corrected chi connectivity index (χ0v) is 11.5. The third-order valence-electron chi connectivity index (χ3n) is 4.08. The lowest BCUT2D eigenvalue weighted by Gasteiger charge is -2.39. The Morgan fingerprint density at radius 2 is 2.16 bits per heavy atom. The highest BCUT2D eigenvalue weighted by atomic mass is 16.5. The molecule has 6 heteroatoms. The molecule has 0 aromatic rings. The quantitative estimate of drug-likeness (QED) is 0.800. The van der Waals surface area contributed by atoms with Crippen LogP contribution in [0.5, 0.6) is 0 Å². The molecule has 19 heavy (non-hydrogen) atoms. The van der Waals surface area contributed by atoms with Crippen LogP contribution in [0.2, 0.25) is 0 Å². The van der Waals surface area contributed by atoms with Gasteiger partial charge in [-0.05, 0) is 38.5 Å². The maximum Gasteiger partial charge on any atom is 0.326 e. The summed E-state index contributed by atoms with van der Waals surface area (Å²) in [5.74, 6) is -0.845. The van der Waals surface area contributed by atoms with Crippen molar-refractivity contribution in [2.24, 2.45) is 5.92 Å². The fourth-order valence-electron chi connectivity index (χ4n) is 2.58. The number of hydrogen-bond donors (Lipinski definition) is 2. The van der Waals surface area contributed by atoms with Crippen molar-refractivity contribution < 1.29 is 19.4 Å². The first-order chi connectivity index (χ1) is 8.95. The molecule has 1 aliphatic heterocycles. The summed E-state index contributed by atoms with van der Waals surface area (Å²) in [4.78, 5) is 24.9. The van der Waals surface area contributed by atoms with Crippen molar-refractivity contribution in [2.45, 2.75) is 44.2 Å². The van der Waals surface area contributed by atoms with E-state index in [2.05, 4.69) is 5.32 Å². The lowest BCUT2D eigenvalue weighted by atomic mass is 9.95. The molecular weight excluding hydrogens is 248 g/mol. The van der Waals surface area contributed by atoms with E-state index in [-0.39, 0.29) is 17.6 Å². The van der Waals surface area contributed by atoms with Crippen molar-refractivity contribution >= 4 is 12.0 Å². The molecule has 1 saturated carbocycles. The molecule has 2 rings (SSSR count). The maximum absolute atomic E-state index is 12.1. The number of carbonyl (C=O) groups excluding carboxylic acids is 1. The molecule has 0 aromatic heterocycles. The molecule has 2 fully saturated rings. The Labute approximate surface area is 113 Å². The summed E-state index contributed by atoms with van der Waals surface area (Å²) in [5.41, 5.74) is -0.326. The Bertz CT molecular complexity index is 370. The van der Waals surface area contributed by atoms with Crippen LogP contribution in [0.15, 0.2) is 0 Å². The normalized spacial score (nSPS) is 28.8. The SMILES string of the molecule is COC1(C)CCCN(C(=O)NC(C(=O)O)C2CC2)C1. The Morgan fingerprint density at radius 3 is 2.68 bits per heavy atom. The van der Waals surface area contributed by atoms with Gasteiger partial charge in [0.25, 0.3) is 0 Å². The van der Waals surface area contributed by atoms with Crippen LogP contribution in [-0.2, 0) is 9.53 Å². The average Bonchev–Trinajstić information content (AvgIpc) is 3.19. The molecule has 0 aromatic carbocycles. The van der Waals surface area contributed by atoms with Gasteiger partial charge in [0, 0.05) is 13.7 Å². The first-order valence-corrected chi connectivity index (χ1v) is 6.78. The topological polar surface area (TPSA) is 78.9 Å². The van der Waals surface area contributed by atoms with Crippen LogP contribution in [0.3, 0.4) is 0 Å². The van der Waals surface area contributed by atoms with Gasteiger partial charge in [0.05, 0.1) is 12.1 Å². The highest BCUT2D eigenvalue weighted by molar-refractivity contribution is 5.83. The van der Waals surface area contributed by atoms with Crippen LogP contribution in [0.1, 0.15) is 32.6 Å². The number of nitrogens with one attached hydrogen (secondary N) is 1.